The molecule has 0 aliphatic heterocycles. The average Bonchev–Trinajstić information content (AvgIpc) is 2.03. The minimum Gasteiger partial charge on any atom is -0.462 e. The molecule has 12 heavy (non-hydrogen) atoms. The maximum Gasteiger partial charge on any atom is 0.396 e. The van der Waals surface area contributed by atoms with Crippen molar-refractivity contribution < 1.29 is 14.3 Å². The van der Waals surface area contributed by atoms with Crippen LogP contribution in [-0.2, 0) is 14.3 Å². The second-order valence-electron chi connectivity index (χ2n) is 1.89. The Morgan fingerprint density at radius 2 is 2.08 bits per heavy atom. The fraction of sp³-hybridized carbons (Fsp3) is 0.667. The van der Waals surface area contributed by atoms with E-state index in [1.165, 1.54) is 0 Å². The van der Waals surface area contributed by atoms with Crippen molar-refractivity contribution in [3.8, 4) is 0 Å². The zero-order valence-electron chi connectivity index (χ0n) is 6.83. The van der Waals surface area contributed by atoms with Crippen LogP contribution in [0.5, 0.6) is 0 Å². The third kappa shape index (κ3) is 5.94. The summed E-state index contributed by atoms with van der Waals surface area (Å²) in [5.74, 6) is -1.59. The fourth-order valence-corrected chi connectivity index (χ4v) is 0.469. The molecule has 0 aromatic heterocycles. The van der Waals surface area contributed by atoms with Gasteiger partial charge in [-0.25, -0.2) is 4.79 Å². The first kappa shape index (κ1) is 13.8. The van der Waals surface area contributed by atoms with E-state index in [2.05, 4.69) is 10.1 Å². The number of esters is 1. The molecular formula is C6H13ClN2O3. The van der Waals surface area contributed by atoms with E-state index in [1.54, 1.807) is 0 Å². The van der Waals surface area contributed by atoms with Crippen molar-refractivity contribution in [2.75, 3.05) is 20.2 Å². The summed E-state index contributed by atoms with van der Waals surface area (Å²) in [4.78, 5) is 21.1. The maximum atomic E-state index is 10.6. The van der Waals surface area contributed by atoms with Crippen LogP contribution in [-0.4, -0.2) is 32.1 Å². The number of ether oxygens (including phenoxy) is 1. The van der Waals surface area contributed by atoms with Crippen LogP contribution in [0.1, 0.15) is 6.42 Å². The molecule has 0 aliphatic rings. The highest BCUT2D eigenvalue weighted by Gasteiger charge is 2.11. The van der Waals surface area contributed by atoms with E-state index in [-0.39, 0.29) is 12.4 Å². The van der Waals surface area contributed by atoms with Gasteiger partial charge in [-0.2, -0.15) is 0 Å². The van der Waals surface area contributed by atoms with E-state index in [0.717, 1.165) is 7.11 Å². The highest BCUT2D eigenvalue weighted by atomic mass is 35.5. The molecule has 0 aromatic carbocycles. The standard InChI is InChI=1S/C6H12N2O3.ClH/c1-11-6(10)5(9)8-4-2-3-7;/h2-4,7H2,1H3,(H,8,9);1H. The molecule has 1 amide bonds. The monoisotopic (exact) mass is 196 g/mol. The van der Waals surface area contributed by atoms with E-state index in [1.807, 2.05) is 0 Å². The van der Waals surface area contributed by atoms with Gasteiger partial charge in [0, 0.05) is 6.54 Å². The molecule has 0 bridgehead atoms. The van der Waals surface area contributed by atoms with Gasteiger partial charge in [-0.15, -0.1) is 12.4 Å². The second kappa shape index (κ2) is 8.29. The quantitative estimate of drug-likeness (QED) is 0.346. The lowest BCUT2D eigenvalue weighted by Gasteiger charge is -2.00. The first-order chi connectivity index (χ1) is 5.22. The topological polar surface area (TPSA) is 81.4 Å². The van der Waals surface area contributed by atoms with Crippen molar-refractivity contribution in [2.45, 2.75) is 6.42 Å². The summed E-state index contributed by atoms with van der Waals surface area (Å²) in [5, 5.41) is 2.34. The molecule has 72 valence electrons. The molecule has 3 N–H and O–H groups in total. The molecule has 6 heteroatoms. The van der Waals surface area contributed by atoms with Gasteiger partial charge in [-0.1, -0.05) is 0 Å². The van der Waals surface area contributed by atoms with Gasteiger partial charge in [0.05, 0.1) is 7.11 Å². The first-order valence-corrected chi connectivity index (χ1v) is 3.28. The molecule has 0 saturated heterocycles. The molecule has 0 aromatic rings. The van der Waals surface area contributed by atoms with Crippen molar-refractivity contribution in [3.63, 3.8) is 0 Å². The lowest BCUT2D eigenvalue weighted by atomic mass is 10.4. The maximum absolute atomic E-state index is 10.6. The number of halogens is 1. The summed E-state index contributed by atoms with van der Waals surface area (Å²) >= 11 is 0. The molecule has 5 nitrogen and oxygen atoms in total. The molecule has 0 saturated carbocycles. The Labute approximate surface area is 77.0 Å². The minimum absolute atomic E-state index is 0. The minimum atomic E-state index is -0.873. The smallest absolute Gasteiger partial charge is 0.396 e. The molecule has 0 unspecified atom stereocenters. The Kier molecular flexibility index (Phi) is 9.50. The third-order valence-electron chi connectivity index (χ3n) is 1.04. The predicted molar refractivity (Wildman–Crippen MR) is 45.9 cm³/mol. The normalized spacial score (nSPS) is 8.17. The number of rotatable bonds is 3. The zero-order valence-corrected chi connectivity index (χ0v) is 7.65. The zero-order chi connectivity index (χ0) is 8.69. The van der Waals surface area contributed by atoms with Gasteiger partial charge >= 0.3 is 11.9 Å². The molecule has 0 rings (SSSR count). The second-order valence-corrected chi connectivity index (χ2v) is 1.89. The van der Waals surface area contributed by atoms with Gasteiger partial charge in [0.15, 0.2) is 0 Å². The lowest BCUT2D eigenvalue weighted by molar-refractivity contribution is -0.152. The number of methoxy groups -OCH3 is 1. The number of nitrogens with one attached hydrogen (secondary N) is 1. The van der Waals surface area contributed by atoms with Gasteiger partial charge in [-0.3, -0.25) is 4.79 Å². The molecule has 0 spiro atoms. The van der Waals surface area contributed by atoms with Crippen LogP contribution in [0.2, 0.25) is 0 Å². The predicted octanol–water partition coefficient (Wildman–Crippen LogP) is -0.954. The summed E-state index contributed by atoms with van der Waals surface area (Å²) in [6.45, 7) is 0.895. The summed E-state index contributed by atoms with van der Waals surface area (Å²) in [7, 11) is 1.16. The number of carbonyl (C=O) groups is 2. The SMILES string of the molecule is COC(=O)C(=O)NCCCN.Cl. The van der Waals surface area contributed by atoms with Crippen LogP contribution in [0.15, 0.2) is 0 Å². The van der Waals surface area contributed by atoms with Gasteiger partial charge in [0.1, 0.15) is 0 Å². The van der Waals surface area contributed by atoms with E-state index in [0.29, 0.717) is 19.5 Å². The van der Waals surface area contributed by atoms with Crippen molar-refractivity contribution in [3.05, 3.63) is 0 Å². The van der Waals surface area contributed by atoms with Crippen molar-refractivity contribution in [1.82, 2.24) is 5.32 Å². The van der Waals surface area contributed by atoms with Gasteiger partial charge in [0.25, 0.3) is 0 Å². The average molecular weight is 197 g/mol. The first-order valence-electron chi connectivity index (χ1n) is 3.28. The van der Waals surface area contributed by atoms with Gasteiger partial charge in [-0.05, 0) is 13.0 Å². The molecular weight excluding hydrogens is 184 g/mol. The van der Waals surface area contributed by atoms with Crippen LogP contribution in [0.4, 0.5) is 0 Å². The van der Waals surface area contributed by atoms with E-state index in [9.17, 15) is 9.59 Å². The highest BCUT2D eigenvalue weighted by molar-refractivity contribution is 6.32. The Hall–Kier alpha value is -0.810. The lowest BCUT2D eigenvalue weighted by Crippen LogP contribution is -2.33. The summed E-state index contributed by atoms with van der Waals surface area (Å²) < 4.78 is 4.16. The van der Waals surface area contributed by atoms with E-state index < -0.39 is 11.9 Å². The molecule has 0 aliphatic carbocycles. The Morgan fingerprint density at radius 1 is 1.50 bits per heavy atom. The third-order valence-corrected chi connectivity index (χ3v) is 1.04. The molecule has 0 heterocycles. The van der Waals surface area contributed by atoms with Crippen molar-refractivity contribution in [1.29, 1.82) is 0 Å². The summed E-state index contributed by atoms with van der Waals surface area (Å²) in [6.07, 6.45) is 0.655. The molecule has 0 atom stereocenters. The van der Waals surface area contributed by atoms with E-state index >= 15 is 0 Å². The molecule has 0 radical (unpaired) electrons. The number of hydrogen-bond acceptors (Lipinski definition) is 4. The summed E-state index contributed by atoms with van der Waals surface area (Å²) in [5.41, 5.74) is 5.16. The van der Waals surface area contributed by atoms with Gasteiger partial charge in [0.2, 0.25) is 0 Å². The number of carbonyl (C=O) groups excluding carboxylic acids is 2. The number of hydrogen-bond donors (Lipinski definition) is 2. The van der Waals surface area contributed by atoms with Crippen LogP contribution in [0.25, 0.3) is 0 Å². The Balaban J connectivity index is 0. The van der Waals surface area contributed by atoms with Crippen LogP contribution < -0.4 is 11.1 Å². The number of nitrogens with two attached hydrogens (primary N) is 1. The van der Waals surface area contributed by atoms with Crippen LogP contribution in [0.3, 0.4) is 0 Å². The highest BCUT2D eigenvalue weighted by Crippen LogP contribution is 1.75. The Bertz CT molecular complexity index is 152. The van der Waals surface area contributed by atoms with E-state index in [4.69, 9.17) is 5.73 Å². The molecule has 0 fully saturated rings. The van der Waals surface area contributed by atoms with Gasteiger partial charge < -0.3 is 15.8 Å². The number of amides is 1. The van der Waals surface area contributed by atoms with Crippen molar-refractivity contribution >= 4 is 24.3 Å². The van der Waals surface area contributed by atoms with Crippen LogP contribution >= 0.6 is 12.4 Å². The Morgan fingerprint density at radius 3 is 2.50 bits per heavy atom. The fourth-order valence-electron chi connectivity index (χ4n) is 0.469. The largest absolute Gasteiger partial charge is 0.462 e. The van der Waals surface area contributed by atoms with Crippen LogP contribution in [0, 0.1) is 0 Å². The van der Waals surface area contributed by atoms with Crippen molar-refractivity contribution in [2.24, 2.45) is 5.73 Å². The summed E-state index contributed by atoms with van der Waals surface area (Å²) in [6, 6.07) is 0.